The van der Waals surface area contributed by atoms with Crippen LogP contribution in [-0.2, 0) is 16.2 Å². The molecule has 0 fully saturated rings. The Hall–Kier alpha value is -2.95. The Balaban J connectivity index is 2.05. The summed E-state index contributed by atoms with van der Waals surface area (Å²) in [6, 6.07) is 9.14. The number of nitrogens with zero attached hydrogens (tertiary/aromatic N) is 1. The minimum Gasteiger partial charge on any atom is -0.496 e. The molecule has 0 aliphatic rings. The van der Waals surface area contributed by atoms with Gasteiger partial charge in [0.25, 0.3) is 0 Å². The lowest BCUT2D eigenvalue weighted by molar-refractivity contribution is -0.123. The number of rotatable bonds is 8. The summed E-state index contributed by atoms with van der Waals surface area (Å²) in [5.74, 6) is 0.865. The maximum atomic E-state index is 11.6. The van der Waals surface area contributed by atoms with E-state index >= 15 is 0 Å². The number of Topliss-reactive ketones (excluding diaryl/α,β-unsaturated/α-hetero) is 1. The molecule has 0 amide bonds. The van der Waals surface area contributed by atoms with E-state index in [1.54, 1.807) is 43.8 Å². The molecule has 0 aliphatic carbocycles. The van der Waals surface area contributed by atoms with E-state index in [4.69, 9.17) is 9.47 Å². The molecule has 124 valence electrons. The van der Waals surface area contributed by atoms with Crippen molar-refractivity contribution in [2.75, 3.05) is 7.11 Å². The van der Waals surface area contributed by atoms with Crippen molar-refractivity contribution < 1.29 is 19.1 Å². The van der Waals surface area contributed by atoms with Gasteiger partial charge in [-0.2, -0.15) is 0 Å². The number of benzene rings is 1. The summed E-state index contributed by atoms with van der Waals surface area (Å²) < 4.78 is 11.1. The minimum absolute atomic E-state index is 0.0913. The van der Waals surface area contributed by atoms with Gasteiger partial charge >= 0.3 is 0 Å². The van der Waals surface area contributed by atoms with Gasteiger partial charge in [0.15, 0.2) is 5.78 Å². The summed E-state index contributed by atoms with van der Waals surface area (Å²) >= 11 is 0. The summed E-state index contributed by atoms with van der Waals surface area (Å²) in [6.45, 7) is 1.82. The smallest absolute Gasteiger partial charge is 0.163 e. The SMILES string of the molecule is COc1cc(OCc2ccncc2)ccc1C=CC(=O)CC(C)=O. The molecule has 2 rings (SSSR count). The Morgan fingerprint density at radius 1 is 1.17 bits per heavy atom. The van der Waals surface area contributed by atoms with Crippen molar-refractivity contribution in [2.24, 2.45) is 0 Å². The quantitative estimate of drug-likeness (QED) is 0.551. The zero-order valence-electron chi connectivity index (χ0n) is 13.7. The highest BCUT2D eigenvalue weighted by Gasteiger charge is 2.05. The van der Waals surface area contributed by atoms with Crippen LogP contribution in [0.25, 0.3) is 6.08 Å². The normalized spacial score (nSPS) is 10.6. The molecule has 0 saturated carbocycles. The maximum absolute atomic E-state index is 11.6. The van der Waals surface area contributed by atoms with E-state index in [-0.39, 0.29) is 18.0 Å². The van der Waals surface area contributed by atoms with Gasteiger partial charge in [0.05, 0.1) is 13.5 Å². The summed E-state index contributed by atoms with van der Waals surface area (Å²) in [5, 5.41) is 0. The Bertz CT molecular complexity index is 738. The first kappa shape index (κ1) is 17.4. The van der Waals surface area contributed by atoms with Crippen LogP contribution in [0.5, 0.6) is 11.5 Å². The van der Waals surface area contributed by atoms with Crippen molar-refractivity contribution in [3.05, 3.63) is 59.9 Å². The van der Waals surface area contributed by atoms with Crippen LogP contribution in [0.15, 0.2) is 48.8 Å². The number of ketones is 2. The molecule has 0 radical (unpaired) electrons. The van der Waals surface area contributed by atoms with Gasteiger partial charge in [-0.3, -0.25) is 14.6 Å². The van der Waals surface area contributed by atoms with Crippen molar-refractivity contribution >= 4 is 17.6 Å². The second-order valence-corrected chi connectivity index (χ2v) is 5.23. The van der Waals surface area contributed by atoms with Crippen LogP contribution in [0, 0.1) is 0 Å². The second kappa shape index (κ2) is 8.62. The lowest BCUT2D eigenvalue weighted by Gasteiger charge is -2.10. The third-order valence-electron chi connectivity index (χ3n) is 3.23. The standard InChI is InChI=1S/C19H19NO4/c1-14(21)11-17(22)5-3-16-4-6-18(12-19(16)23-2)24-13-15-7-9-20-10-8-15/h3-10,12H,11,13H2,1-2H3. The number of pyridine rings is 1. The van der Waals surface area contributed by atoms with Gasteiger partial charge < -0.3 is 9.47 Å². The average Bonchev–Trinajstić information content (AvgIpc) is 2.58. The fourth-order valence-electron chi connectivity index (χ4n) is 2.05. The molecule has 1 aromatic heterocycles. The topological polar surface area (TPSA) is 65.5 Å². The van der Waals surface area contributed by atoms with Gasteiger partial charge in [-0.15, -0.1) is 0 Å². The molecular formula is C19H19NO4. The van der Waals surface area contributed by atoms with Crippen LogP contribution in [-0.4, -0.2) is 23.7 Å². The minimum atomic E-state index is -0.234. The van der Waals surface area contributed by atoms with Crippen LogP contribution in [0.2, 0.25) is 0 Å². The molecule has 0 N–H and O–H groups in total. The van der Waals surface area contributed by atoms with Crippen LogP contribution in [0.3, 0.4) is 0 Å². The van der Waals surface area contributed by atoms with Crippen LogP contribution in [0.4, 0.5) is 0 Å². The van der Waals surface area contributed by atoms with E-state index in [0.717, 1.165) is 11.1 Å². The summed E-state index contributed by atoms with van der Waals surface area (Å²) in [5.41, 5.74) is 1.76. The van der Waals surface area contributed by atoms with Crippen molar-refractivity contribution in [2.45, 2.75) is 20.0 Å². The molecule has 5 heteroatoms. The van der Waals surface area contributed by atoms with Gasteiger partial charge in [-0.25, -0.2) is 0 Å². The predicted molar refractivity (Wildman–Crippen MR) is 90.9 cm³/mol. The predicted octanol–water partition coefficient (Wildman–Crippen LogP) is 3.23. The number of carbonyl (C=O) groups excluding carboxylic acids is 2. The third kappa shape index (κ3) is 5.35. The fourth-order valence-corrected chi connectivity index (χ4v) is 2.05. The molecule has 0 bridgehead atoms. The van der Waals surface area contributed by atoms with E-state index in [2.05, 4.69) is 4.98 Å². The molecule has 2 aromatic rings. The van der Waals surface area contributed by atoms with Crippen molar-refractivity contribution in [3.63, 3.8) is 0 Å². The summed E-state index contributed by atoms with van der Waals surface area (Å²) in [6.07, 6.45) is 6.36. The first-order chi connectivity index (χ1) is 11.6. The molecule has 0 atom stereocenters. The van der Waals surface area contributed by atoms with Gasteiger partial charge in [-0.05, 0) is 48.9 Å². The van der Waals surface area contributed by atoms with Gasteiger partial charge in [0.2, 0.25) is 0 Å². The first-order valence-corrected chi connectivity index (χ1v) is 7.48. The molecule has 1 aromatic carbocycles. The number of allylic oxidation sites excluding steroid dienone is 1. The van der Waals surface area contributed by atoms with Gasteiger partial charge in [0.1, 0.15) is 23.9 Å². The maximum Gasteiger partial charge on any atom is 0.163 e. The number of methoxy groups -OCH3 is 1. The molecule has 0 spiro atoms. The zero-order valence-corrected chi connectivity index (χ0v) is 13.7. The van der Waals surface area contributed by atoms with E-state index in [1.165, 1.54) is 13.0 Å². The second-order valence-electron chi connectivity index (χ2n) is 5.23. The fraction of sp³-hybridized carbons (Fsp3) is 0.211. The van der Waals surface area contributed by atoms with Crippen LogP contribution >= 0.6 is 0 Å². The molecule has 5 nitrogen and oxygen atoms in total. The zero-order chi connectivity index (χ0) is 17.4. The molecule has 1 heterocycles. The van der Waals surface area contributed by atoms with E-state index in [9.17, 15) is 9.59 Å². The van der Waals surface area contributed by atoms with Crippen molar-refractivity contribution in [3.8, 4) is 11.5 Å². The molecule has 24 heavy (non-hydrogen) atoms. The summed E-state index contributed by atoms with van der Waals surface area (Å²) in [7, 11) is 1.55. The lowest BCUT2D eigenvalue weighted by Crippen LogP contribution is -2.00. The van der Waals surface area contributed by atoms with Crippen molar-refractivity contribution in [1.29, 1.82) is 0 Å². The Morgan fingerprint density at radius 3 is 2.58 bits per heavy atom. The lowest BCUT2D eigenvalue weighted by atomic mass is 10.1. The molecule has 0 saturated heterocycles. The van der Waals surface area contributed by atoms with Gasteiger partial charge in [-0.1, -0.05) is 0 Å². The Kier molecular flexibility index (Phi) is 6.25. The number of hydrogen-bond acceptors (Lipinski definition) is 5. The Morgan fingerprint density at radius 2 is 1.92 bits per heavy atom. The van der Waals surface area contributed by atoms with Gasteiger partial charge in [0, 0.05) is 24.0 Å². The number of aromatic nitrogens is 1. The van der Waals surface area contributed by atoms with Crippen LogP contribution in [0.1, 0.15) is 24.5 Å². The highest BCUT2D eigenvalue weighted by atomic mass is 16.5. The first-order valence-electron chi connectivity index (χ1n) is 7.48. The van der Waals surface area contributed by atoms with E-state index in [0.29, 0.717) is 18.1 Å². The molecular weight excluding hydrogens is 306 g/mol. The highest BCUT2D eigenvalue weighted by molar-refractivity contribution is 6.05. The van der Waals surface area contributed by atoms with E-state index < -0.39 is 0 Å². The van der Waals surface area contributed by atoms with Crippen molar-refractivity contribution in [1.82, 2.24) is 4.98 Å². The summed E-state index contributed by atoms with van der Waals surface area (Å²) in [4.78, 5) is 26.5. The third-order valence-corrected chi connectivity index (χ3v) is 3.23. The van der Waals surface area contributed by atoms with Crippen LogP contribution < -0.4 is 9.47 Å². The largest absolute Gasteiger partial charge is 0.496 e. The average molecular weight is 325 g/mol. The monoisotopic (exact) mass is 325 g/mol. The molecule has 0 unspecified atom stereocenters. The number of hydrogen-bond donors (Lipinski definition) is 0. The highest BCUT2D eigenvalue weighted by Crippen LogP contribution is 2.26. The molecule has 0 aliphatic heterocycles. The number of carbonyl (C=O) groups is 2. The number of ether oxygens (including phenoxy) is 2. The van der Waals surface area contributed by atoms with E-state index in [1.807, 2.05) is 12.1 Å². The Labute approximate surface area is 140 Å².